The summed E-state index contributed by atoms with van der Waals surface area (Å²) in [4.78, 5) is 11.3. The first-order valence-corrected chi connectivity index (χ1v) is 5.41. The van der Waals surface area contributed by atoms with Crippen molar-refractivity contribution in [3.63, 3.8) is 0 Å². The summed E-state index contributed by atoms with van der Waals surface area (Å²) in [6, 6.07) is 3.76. The van der Waals surface area contributed by atoms with Gasteiger partial charge in [-0.1, -0.05) is 37.8 Å². The number of carbonyl (C=O) groups excluding carboxylic acids is 1. The van der Waals surface area contributed by atoms with E-state index in [0.29, 0.717) is 12.2 Å². The van der Waals surface area contributed by atoms with Crippen molar-refractivity contribution >= 4 is 18.1 Å². The van der Waals surface area contributed by atoms with Gasteiger partial charge in [-0.05, 0) is 23.6 Å². The van der Waals surface area contributed by atoms with E-state index in [1.807, 2.05) is 18.2 Å². The van der Waals surface area contributed by atoms with Crippen molar-refractivity contribution < 1.29 is 9.53 Å². The maximum absolute atomic E-state index is 11.3. The summed E-state index contributed by atoms with van der Waals surface area (Å²) in [5.41, 5.74) is 3.08. The number of ether oxygens (including phenoxy) is 1. The summed E-state index contributed by atoms with van der Waals surface area (Å²) in [6.07, 6.45) is 7.25. The molecule has 0 spiro atoms. The lowest BCUT2D eigenvalue weighted by Gasteiger charge is -2.06. The Kier molecular flexibility index (Phi) is 2.91. The highest BCUT2D eigenvalue weighted by molar-refractivity contribution is 5.85. The molecule has 2 nitrogen and oxygen atoms in total. The fraction of sp³-hybridized carbons (Fsp3) is 0.214. The van der Waals surface area contributed by atoms with Crippen LogP contribution < -0.4 is 4.74 Å². The number of benzene rings is 1. The van der Waals surface area contributed by atoms with E-state index in [-0.39, 0.29) is 5.97 Å². The van der Waals surface area contributed by atoms with Crippen molar-refractivity contribution in [2.75, 3.05) is 0 Å². The minimum absolute atomic E-state index is 0.178. The van der Waals surface area contributed by atoms with Crippen LogP contribution in [0.1, 0.15) is 30.0 Å². The van der Waals surface area contributed by atoms with Gasteiger partial charge < -0.3 is 4.74 Å². The van der Waals surface area contributed by atoms with Crippen molar-refractivity contribution in [3.05, 3.63) is 41.5 Å². The molecule has 0 aliphatic carbocycles. The molecule has 0 saturated heterocycles. The standard InChI is InChI=1S/C14H14O2/c1-3-5-6-11-10(4-2)7-8-13-12(11)9-14(15)16-13/h4-8H,2-3,9H2,1H3/b6-5-. The minimum Gasteiger partial charge on any atom is -0.426 e. The first kappa shape index (κ1) is 10.7. The van der Waals surface area contributed by atoms with Gasteiger partial charge in [0.2, 0.25) is 0 Å². The summed E-state index contributed by atoms with van der Waals surface area (Å²) in [5.74, 6) is 0.508. The second-order valence-corrected chi connectivity index (χ2v) is 3.71. The zero-order chi connectivity index (χ0) is 11.5. The zero-order valence-electron chi connectivity index (χ0n) is 9.32. The van der Waals surface area contributed by atoms with Crippen molar-refractivity contribution in [1.29, 1.82) is 0 Å². The molecule has 82 valence electrons. The number of esters is 1. The quantitative estimate of drug-likeness (QED) is 0.570. The predicted octanol–water partition coefficient (Wildman–Crippen LogP) is 3.21. The van der Waals surface area contributed by atoms with E-state index in [9.17, 15) is 4.79 Å². The Morgan fingerprint density at radius 3 is 3.00 bits per heavy atom. The molecule has 1 aliphatic rings. The molecule has 0 amide bonds. The number of carbonyl (C=O) groups is 1. The molecule has 0 saturated carbocycles. The van der Waals surface area contributed by atoms with Crippen molar-refractivity contribution in [3.8, 4) is 5.75 Å². The molecule has 0 atom stereocenters. The molecule has 2 heteroatoms. The van der Waals surface area contributed by atoms with E-state index in [0.717, 1.165) is 23.1 Å². The van der Waals surface area contributed by atoms with Gasteiger partial charge >= 0.3 is 5.97 Å². The van der Waals surface area contributed by atoms with Crippen LogP contribution in [0.3, 0.4) is 0 Å². The van der Waals surface area contributed by atoms with Crippen LogP contribution in [-0.4, -0.2) is 5.97 Å². The topological polar surface area (TPSA) is 26.3 Å². The Hall–Kier alpha value is -1.83. The average Bonchev–Trinajstić information content (AvgIpc) is 2.66. The molecular weight excluding hydrogens is 200 g/mol. The van der Waals surface area contributed by atoms with Gasteiger partial charge in [-0.25, -0.2) is 0 Å². The summed E-state index contributed by atoms with van der Waals surface area (Å²) >= 11 is 0. The molecule has 2 rings (SSSR count). The van der Waals surface area contributed by atoms with Gasteiger partial charge in [0.1, 0.15) is 5.75 Å². The summed E-state index contributed by atoms with van der Waals surface area (Å²) in [5, 5.41) is 0. The highest BCUT2D eigenvalue weighted by Crippen LogP contribution is 2.32. The molecule has 1 aromatic rings. The lowest BCUT2D eigenvalue weighted by Crippen LogP contribution is -2.00. The first-order chi connectivity index (χ1) is 7.76. The second-order valence-electron chi connectivity index (χ2n) is 3.71. The third kappa shape index (κ3) is 1.78. The molecule has 0 bridgehead atoms. The summed E-state index contributed by atoms with van der Waals surface area (Å²) < 4.78 is 5.12. The van der Waals surface area contributed by atoms with Crippen LogP contribution in [0.4, 0.5) is 0 Å². The van der Waals surface area contributed by atoms with Crippen LogP contribution in [0.15, 0.2) is 24.8 Å². The zero-order valence-corrected chi connectivity index (χ0v) is 9.32. The summed E-state index contributed by atoms with van der Waals surface area (Å²) in [6.45, 7) is 5.86. The maximum atomic E-state index is 11.3. The average molecular weight is 214 g/mol. The van der Waals surface area contributed by atoms with Gasteiger partial charge in [0.05, 0.1) is 6.42 Å². The Bertz CT molecular complexity index is 470. The Balaban J connectivity index is 2.54. The molecule has 0 unspecified atom stereocenters. The normalized spacial score (nSPS) is 13.9. The van der Waals surface area contributed by atoms with E-state index in [1.165, 1.54) is 0 Å². The highest BCUT2D eigenvalue weighted by Gasteiger charge is 2.23. The van der Waals surface area contributed by atoms with Gasteiger partial charge in [-0.15, -0.1) is 0 Å². The predicted molar refractivity (Wildman–Crippen MR) is 65.2 cm³/mol. The van der Waals surface area contributed by atoms with E-state index >= 15 is 0 Å². The van der Waals surface area contributed by atoms with Gasteiger partial charge in [-0.2, -0.15) is 0 Å². The van der Waals surface area contributed by atoms with Crippen LogP contribution in [0.25, 0.3) is 12.2 Å². The molecule has 1 aliphatic heterocycles. The summed E-state index contributed by atoms with van der Waals surface area (Å²) in [7, 11) is 0. The Labute approximate surface area is 95.2 Å². The molecule has 1 aromatic carbocycles. The number of rotatable bonds is 3. The molecule has 0 radical (unpaired) electrons. The Morgan fingerprint density at radius 1 is 1.50 bits per heavy atom. The lowest BCUT2D eigenvalue weighted by molar-refractivity contribution is -0.131. The van der Waals surface area contributed by atoms with E-state index in [2.05, 4.69) is 19.6 Å². The number of hydrogen-bond donors (Lipinski definition) is 0. The van der Waals surface area contributed by atoms with Crippen molar-refractivity contribution in [2.24, 2.45) is 0 Å². The van der Waals surface area contributed by atoms with Crippen LogP contribution in [0.5, 0.6) is 5.75 Å². The number of fused-ring (bicyclic) bond motifs is 1. The van der Waals surface area contributed by atoms with Crippen LogP contribution in [0.2, 0.25) is 0 Å². The van der Waals surface area contributed by atoms with Gasteiger partial charge in [0.15, 0.2) is 0 Å². The smallest absolute Gasteiger partial charge is 0.315 e. The van der Waals surface area contributed by atoms with Crippen molar-refractivity contribution in [1.82, 2.24) is 0 Å². The Morgan fingerprint density at radius 2 is 2.31 bits per heavy atom. The third-order valence-electron chi connectivity index (χ3n) is 2.63. The maximum Gasteiger partial charge on any atom is 0.315 e. The van der Waals surface area contributed by atoms with E-state index < -0.39 is 0 Å². The van der Waals surface area contributed by atoms with Crippen LogP contribution >= 0.6 is 0 Å². The van der Waals surface area contributed by atoms with E-state index in [4.69, 9.17) is 4.74 Å². The number of allylic oxidation sites excluding steroid dienone is 1. The molecule has 0 N–H and O–H groups in total. The monoisotopic (exact) mass is 214 g/mol. The molecular formula is C14H14O2. The van der Waals surface area contributed by atoms with Crippen LogP contribution in [-0.2, 0) is 11.2 Å². The largest absolute Gasteiger partial charge is 0.426 e. The number of hydrogen-bond acceptors (Lipinski definition) is 2. The molecule has 0 fully saturated rings. The fourth-order valence-electron chi connectivity index (χ4n) is 1.85. The van der Waals surface area contributed by atoms with Gasteiger partial charge in [0, 0.05) is 5.56 Å². The van der Waals surface area contributed by atoms with Gasteiger partial charge in [0.25, 0.3) is 0 Å². The first-order valence-electron chi connectivity index (χ1n) is 5.41. The minimum atomic E-state index is -0.178. The lowest BCUT2D eigenvalue weighted by atomic mass is 9.98. The molecule has 16 heavy (non-hydrogen) atoms. The van der Waals surface area contributed by atoms with E-state index in [1.54, 1.807) is 6.08 Å². The van der Waals surface area contributed by atoms with Crippen molar-refractivity contribution in [2.45, 2.75) is 19.8 Å². The van der Waals surface area contributed by atoms with Gasteiger partial charge in [-0.3, -0.25) is 4.79 Å². The molecule has 0 aromatic heterocycles. The van der Waals surface area contributed by atoms with Crippen LogP contribution in [0, 0.1) is 0 Å². The second kappa shape index (κ2) is 4.35. The third-order valence-corrected chi connectivity index (χ3v) is 2.63. The SMILES string of the molecule is C=Cc1ccc2c(c1/C=C\CC)CC(=O)O2. The fourth-order valence-corrected chi connectivity index (χ4v) is 1.85. The molecule has 1 heterocycles. The highest BCUT2D eigenvalue weighted by atomic mass is 16.5.